The molecule has 0 bridgehead atoms. The van der Waals surface area contributed by atoms with Gasteiger partial charge in [-0.3, -0.25) is 4.90 Å². The number of carbonyl (C=O) groups excluding carboxylic acids is 1. The number of hydrogen-bond acceptors (Lipinski definition) is 6. The molecule has 6 nitrogen and oxygen atoms in total. The Hall–Kier alpha value is -2.66. The molecule has 1 aliphatic heterocycles. The van der Waals surface area contributed by atoms with E-state index in [0.717, 1.165) is 27.8 Å². The molecule has 5 rings (SSSR count). The molecular weight excluding hydrogens is 575 g/mol. The van der Waals surface area contributed by atoms with Crippen LogP contribution in [-0.2, 0) is 24.2 Å². The summed E-state index contributed by atoms with van der Waals surface area (Å²) in [5.74, 6) is -1.58. The molecule has 0 amide bonds. The maximum absolute atomic E-state index is 14.8. The number of fused-ring (bicyclic) bond motifs is 1. The Morgan fingerprint density at radius 2 is 1.86 bits per heavy atom. The number of ether oxygens (including phenoxy) is 2. The number of nitrogens with zero attached hydrogens (tertiary/aromatic N) is 2. The molecule has 3 aromatic rings. The van der Waals surface area contributed by atoms with Crippen LogP contribution in [0.1, 0.15) is 61.0 Å². The van der Waals surface area contributed by atoms with Crippen molar-refractivity contribution in [1.29, 1.82) is 0 Å². The van der Waals surface area contributed by atoms with Gasteiger partial charge in [-0.15, -0.1) is 0 Å². The fourth-order valence-corrected chi connectivity index (χ4v) is 4.81. The van der Waals surface area contributed by atoms with Gasteiger partial charge >= 0.3 is 35.7 Å². The minimum atomic E-state index is -4.39. The summed E-state index contributed by atoms with van der Waals surface area (Å²) in [5.41, 5.74) is 3.64. The number of aliphatic carboxylic acids is 1. The van der Waals surface area contributed by atoms with Crippen LogP contribution in [0.25, 0.3) is 11.1 Å². The second-order valence-corrected chi connectivity index (χ2v) is 11.0. The van der Waals surface area contributed by atoms with Crippen LogP contribution in [0, 0.1) is 11.7 Å². The van der Waals surface area contributed by atoms with E-state index in [4.69, 9.17) is 9.47 Å². The van der Waals surface area contributed by atoms with Gasteiger partial charge < -0.3 is 19.4 Å². The predicted octanol–water partition coefficient (Wildman–Crippen LogP) is 3.06. The maximum Gasteiger partial charge on any atom is 1.00 e. The van der Waals surface area contributed by atoms with Crippen LogP contribution in [0.4, 0.5) is 17.6 Å². The van der Waals surface area contributed by atoms with E-state index in [-0.39, 0.29) is 53.6 Å². The SMILES string of the molecule is C1CC1.COc1cc(-c2ccc(C3CCc4ccc(CC(C)C(=O)[O-])cc4O3)cc2CN(C)CC(F)(F)F)c(F)cn1.[Na+]. The zero-order chi connectivity index (χ0) is 30.4. The number of benzene rings is 2. The third-order valence-corrected chi connectivity index (χ3v) is 7.09. The van der Waals surface area contributed by atoms with Crippen LogP contribution in [0.15, 0.2) is 48.7 Å². The van der Waals surface area contributed by atoms with Crippen LogP contribution in [0.2, 0.25) is 0 Å². The molecule has 226 valence electrons. The van der Waals surface area contributed by atoms with E-state index in [2.05, 4.69) is 4.98 Å². The number of aryl methyl sites for hydroxylation is 1. The van der Waals surface area contributed by atoms with Gasteiger partial charge in [0.1, 0.15) is 17.7 Å². The molecule has 1 aliphatic carbocycles. The number of pyridine rings is 1. The first-order valence-corrected chi connectivity index (χ1v) is 14.0. The third kappa shape index (κ3) is 10.2. The zero-order valence-corrected chi connectivity index (χ0v) is 27.0. The number of aromatic nitrogens is 1. The first-order chi connectivity index (χ1) is 19.9. The molecule has 2 aliphatic rings. The minimum Gasteiger partial charge on any atom is -0.550 e. The molecule has 2 unspecified atom stereocenters. The predicted molar refractivity (Wildman–Crippen MR) is 148 cm³/mol. The maximum atomic E-state index is 14.8. The smallest absolute Gasteiger partial charge is 0.550 e. The first-order valence-electron chi connectivity index (χ1n) is 14.0. The molecule has 0 N–H and O–H groups in total. The molecule has 2 aromatic carbocycles. The van der Waals surface area contributed by atoms with Crippen molar-refractivity contribution in [2.75, 3.05) is 20.7 Å². The molecular formula is C32H35F4N2NaO4. The summed E-state index contributed by atoms with van der Waals surface area (Å²) in [6, 6.07) is 12.3. The Morgan fingerprint density at radius 3 is 2.49 bits per heavy atom. The van der Waals surface area contributed by atoms with Gasteiger partial charge in [0.05, 0.1) is 19.9 Å². The molecule has 43 heavy (non-hydrogen) atoms. The summed E-state index contributed by atoms with van der Waals surface area (Å²) in [4.78, 5) is 16.1. The zero-order valence-electron chi connectivity index (χ0n) is 25.0. The van der Waals surface area contributed by atoms with Gasteiger partial charge in [0.15, 0.2) is 0 Å². The van der Waals surface area contributed by atoms with Gasteiger partial charge in [0.2, 0.25) is 5.88 Å². The van der Waals surface area contributed by atoms with Crippen LogP contribution in [-0.4, -0.2) is 42.7 Å². The number of methoxy groups -OCH3 is 1. The Labute approximate surface area is 271 Å². The monoisotopic (exact) mass is 610 g/mol. The van der Waals surface area contributed by atoms with Gasteiger partial charge in [-0.1, -0.05) is 56.5 Å². The Morgan fingerprint density at radius 1 is 1.14 bits per heavy atom. The van der Waals surface area contributed by atoms with Crippen molar-refractivity contribution in [2.45, 2.75) is 64.3 Å². The molecule has 0 saturated heterocycles. The number of carboxylic acid groups (broad SMARTS) is 1. The van der Waals surface area contributed by atoms with Gasteiger partial charge in [0, 0.05) is 24.1 Å². The molecule has 11 heteroatoms. The van der Waals surface area contributed by atoms with E-state index in [1.807, 2.05) is 18.2 Å². The number of halogens is 4. The normalized spacial score (nSPS) is 16.1. The van der Waals surface area contributed by atoms with Gasteiger partial charge in [-0.2, -0.15) is 13.2 Å². The number of carbonyl (C=O) groups is 1. The Balaban J connectivity index is 0.00000119. The van der Waals surface area contributed by atoms with Gasteiger partial charge in [-0.05, 0) is 66.1 Å². The summed E-state index contributed by atoms with van der Waals surface area (Å²) >= 11 is 0. The summed E-state index contributed by atoms with van der Waals surface area (Å²) < 4.78 is 65.5. The minimum absolute atomic E-state index is 0. The van der Waals surface area contributed by atoms with Crippen molar-refractivity contribution in [2.24, 2.45) is 5.92 Å². The molecule has 0 radical (unpaired) electrons. The van der Waals surface area contributed by atoms with Crippen molar-refractivity contribution in [3.05, 3.63) is 76.7 Å². The quantitative estimate of drug-likeness (QED) is 0.274. The van der Waals surface area contributed by atoms with Crippen molar-refractivity contribution in [1.82, 2.24) is 9.88 Å². The van der Waals surface area contributed by atoms with E-state index in [9.17, 15) is 27.5 Å². The second kappa shape index (κ2) is 15.4. The molecule has 1 fully saturated rings. The Bertz CT molecular complexity index is 1400. The molecule has 0 spiro atoms. The summed E-state index contributed by atoms with van der Waals surface area (Å²) in [5, 5.41) is 11.2. The largest absolute Gasteiger partial charge is 1.00 e. The van der Waals surface area contributed by atoms with E-state index in [1.165, 1.54) is 39.5 Å². The Kier molecular flexibility index (Phi) is 12.4. The van der Waals surface area contributed by atoms with Crippen molar-refractivity contribution < 1.29 is 66.5 Å². The molecule has 2 heterocycles. The third-order valence-electron chi connectivity index (χ3n) is 7.09. The summed E-state index contributed by atoms with van der Waals surface area (Å²) in [7, 11) is 2.75. The van der Waals surface area contributed by atoms with Crippen LogP contribution in [0.5, 0.6) is 11.6 Å². The van der Waals surface area contributed by atoms with Crippen LogP contribution in [0.3, 0.4) is 0 Å². The second-order valence-electron chi connectivity index (χ2n) is 11.0. The van der Waals surface area contributed by atoms with Gasteiger partial charge in [-0.25, -0.2) is 9.37 Å². The summed E-state index contributed by atoms with van der Waals surface area (Å²) in [6.45, 7) is 0.374. The number of carboxylic acids is 1. The fraction of sp³-hybridized carbons (Fsp3) is 0.438. The van der Waals surface area contributed by atoms with E-state index in [0.29, 0.717) is 36.1 Å². The first kappa shape index (κ1) is 34.8. The number of rotatable bonds is 9. The average molecular weight is 611 g/mol. The topological polar surface area (TPSA) is 74.7 Å². The average Bonchev–Trinajstić information content (AvgIpc) is 3.82. The van der Waals surface area contributed by atoms with Gasteiger partial charge in [0.25, 0.3) is 0 Å². The number of hydrogen-bond donors (Lipinski definition) is 0. The van der Waals surface area contributed by atoms with Crippen molar-refractivity contribution in [3.8, 4) is 22.8 Å². The van der Waals surface area contributed by atoms with E-state index >= 15 is 0 Å². The molecule has 1 saturated carbocycles. The van der Waals surface area contributed by atoms with Crippen LogP contribution < -0.4 is 44.1 Å². The van der Waals surface area contributed by atoms with E-state index in [1.54, 1.807) is 25.1 Å². The fourth-order valence-electron chi connectivity index (χ4n) is 4.81. The van der Waals surface area contributed by atoms with E-state index < -0.39 is 30.4 Å². The van der Waals surface area contributed by atoms with Crippen molar-refractivity contribution in [3.63, 3.8) is 0 Å². The summed E-state index contributed by atoms with van der Waals surface area (Å²) in [6.07, 6.45) is 2.39. The molecule has 1 aromatic heterocycles. The molecule has 2 atom stereocenters. The van der Waals surface area contributed by atoms with Crippen molar-refractivity contribution >= 4 is 5.97 Å². The van der Waals surface area contributed by atoms with Crippen LogP contribution >= 0.6 is 0 Å². The number of alkyl halides is 3. The standard InChI is InChI=1S/C29H30F4N2O4.C3H6.Na/c1-17(28(36)37)10-18-4-5-19-7-9-25(39-26(19)11-18)20-6-8-22(23-13-27(38-3)34-14-24(23)30)21(12-20)15-35(2)16-29(31,32)33;1-2-3-1;/h4-6,8,11-14,17,25H,7,9-10,15-16H2,1-3H3,(H,36,37);1-3H2;/q;;+1/p-1.